The van der Waals surface area contributed by atoms with Crippen LogP contribution in [-0.2, 0) is 10.0 Å². The van der Waals surface area contributed by atoms with Crippen LogP contribution in [0.25, 0.3) is 0 Å². The molecule has 1 fully saturated rings. The Morgan fingerprint density at radius 2 is 2.23 bits per heavy atom. The van der Waals surface area contributed by atoms with Crippen molar-refractivity contribution in [2.75, 3.05) is 6.54 Å². The molecule has 0 amide bonds. The number of hydrogen-bond acceptors (Lipinski definition) is 3. The highest BCUT2D eigenvalue weighted by Crippen LogP contribution is 2.27. The first-order valence-corrected chi connectivity index (χ1v) is 6.16. The van der Waals surface area contributed by atoms with E-state index in [0.29, 0.717) is 12.5 Å². The Kier molecular flexibility index (Phi) is 3.26. The normalized spacial score (nSPS) is 19.8. The maximum absolute atomic E-state index is 11.4. The van der Waals surface area contributed by atoms with E-state index in [2.05, 4.69) is 16.9 Å². The summed E-state index contributed by atoms with van der Waals surface area (Å²) in [6.45, 7) is 2.02. The first-order chi connectivity index (χ1) is 5.93. The standard InChI is InChI=1S/C7H14N2O2S2/c1-5(7(8)12)13(10,11)9-4-6-2-3-6/h5-6,9H,2-4H2,1H3,(H2,8,12). The fraction of sp³-hybridized carbons (Fsp3) is 0.857. The van der Waals surface area contributed by atoms with Crippen LogP contribution in [0.5, 0.6) is 0 Å². The fourth-order valence-electron chi connectivity index (χ4n) is 0.834. The number of sulfonamides is 1. The first kappa shape index (κ1) is 10.9. The molecule has 0 spiro atoms. The van der Waals surface area contributed by atoms with Crippen LogP contribution in [0.4, 0.5) is 0 Å². The van der Waals surface area contributed by atoms with E-state index in [1.165, 1.54) is 6.92 Å². The number of rotatable bonds is 5. The van der Waals surface area contributed by atoms with Gasteiger partial charge in [-0.15, -0.1) is 0 Å². The molecule has 0 aliphatic heterocycles. The first-order valence-electron chi connectivity index (χ1n) is 4.21. The zero-order valence-electron chi connectivity index (χ0n) is 7.49. The summed E-state index contributed by atoms with van der Waals surface area (Å²) in [5.41, 5.74) is 5.26. The third-order valence-corrected chi connectivity index (χ3v) is 4.39. The Hall–Kier alpha value is -0.200. The summed E-state index contributed by atoms with van der Waals surface area (Å²) >= 11 is 4.62. The molecule has 0 saturated heterocycles. The van der Waals surface area contributed by atoms with Crippen LogP contribution >= 0.6 is 12.2 Å². The van der Waals surface area contributed by atoms with Crippen molar-refractivity contribution in [3.63, 3.8) is 0 Å². The van der Waals surface area contributed by atoms with Crippen molar-refractivity contribution in [3.8, 4) is 0 Å². The zero-order valence-corrected chi connectivity index (χ0v) is 9.12. The summed E-state index contributed by atoms with van der Waals surface area (Å²) in [5.74, 6) is 0.522. The minimum atomic E-state index is -3.33. The summed E-state index contributed by atoms with van der Waals surface area (Å²) in [7, 11) is -3.33. The van der Waals surface area contributed by atoms with Crippen molar-refractivity contribution in [2.45, 2.75) is 25.0 Å². The lowest BCUT2D eigenvalue weighted by Gasteiger charge is -2.11. The Balaban J connectivity index is 2.48. The van der Waals surface area contributed by atoms with E-state index >= 15 is 0 Å². The number of hydrogen-bond donors (Lipinski definition) is 2. The molecule has 1 saturated carbocycles. The Bertz CT molecular complexity index is 296. The quantitative estimate of drug-likeness (QED) is 0.642. The molecule has 1 unspecified atom stereocenters. The molecular formula is C7H14N2O2S2. The van der Waals surface area contributed by atoms with Gasteiger partial charge in [0.1, 0.15) is 5.25 Å². The van der Waals surface area contributed by atoms with Crippen molar-refractivity contribution >= 4 is 27.2 Å². The minimum Gasteiger partial charge on any atom is -0.392 e. The van der Waals surface area contributed by atoms with Crippen LogP contribution < -0.4 is 10.5 Å². The second-order valence-corrected chi connectivity index (χ2v) is 5.94. The van der Waals surface area contributed by atoms with Gasteiger partial charge in [-0.3, -0.25) is 0 Å². The van der Waals surface area contributed by atoms with Gasteiger partial charge in [0.2, 0.25) is 10.0 Å². The second-order valence-electron chi connectivity index (χ2n) is 3.38. The molecule has 3 N–H and O–H groups in total. The fourth-order valence-corrected chi connectivity index (χ4v) is 2.24. The summed E-state index contributed by atoms with van der Waals surface area (Å²) < 4.78 is 25.4. The molecule has 0 aromatic heterocycles. The number of nitrogens with two attached hydrogens (primary N) is 1. The zero-order chi connectivity index (χ0) is 10.1. The molecular weight excluding hydrogens is 208 g/mol. The number of thiocarbonyl (C=S) groups is 1. The van der Waals surface area contributed by atoms with Crippen LogP contribution in [0.2, 0.25) is 0 Å². The largest absolute Gasteiger partial charge is 0.392 e. The molecule has 13 heavy (non-hydrogen) atoms. The van der Waals surface area contributed by atoms with Crippen molar-refractivity contribution in [2.24, 2.45) is 11.7 Å². The molecule has 4 nitrogen and oxygen atoms in total. The summed E-state index contributed by atoms with van der Waals surface area (Å²) in [4.78, 5) is 0.0169. The van der Waals surface area contributed by atoms with Crippen LogP contribution in [0.15, 0.2) is 0 Å². The van der Waals surface area contributed by atoms with Crippen LogP contribution in [0.1, 0.15) is 19.8 Å². The van der Waals surface area contributed by atoms with E-state index in [1.807, 2.05) is 0 Å². The molecule has 0 heterocycles. The predicted octanol–water partition coefficient (Wildman–Crippen LogP) is -0.00960. The van der Waals surface area contributed by atoms with Gasteiger partial charge >= 0.3 is 0 Å². The van der Waals surface area contributed by atoms with Crippen molar-refractivity contribution in [3.05, 3.63) is 0 Å². The van der Waals surface area contributed by atoms with E-state index in [9.17, 15) is 8.42 Å². The third-order valence-electron chi connectivity index (χ3n) is 2.14. The van der Waals surface area contributed by atoms with Gasteiger partial charge in [0, 0.05) is 6.54 Å². The minimum absolute atomic E-state index is 0.0169. The van der Waals surface area contributed by atoms with Gasteiger partial charge in [0.05, 0.1) is 4.99 Å². The second kappa shape index (κ2) is 3.89. The lowest BCUT2D eigenvalue weighted by atomic mass is 10.4. The van der Waals surface area contributed by atoms with E-state index in [-0.39, 0.29) is 4.99 Å². The highest BCUT2D eigenvalue weighted by atomic mass is 32.2. The van der Waals surface area contributed by atoms with Gasteiger partial charge in [-0.2, -0.15) is 0 Å². The van der Waals surface area contributed by atoms with E-state index < -0.39 is 15.3 Å². The Morgan fingerprint density at radius 1 is 1.69 bits per heavy atom. The molecule has 0 aromatic carbocycles. The average Bonchev–Trinajstić information content (AvgIpc) is 2.82. The van der Waals surface area contributed by atoms with Gasteiger partial charge in [-0.05, 0) is 25.7 Å². The molecule has 76 valence electrons. The maximum Gasteiger partial charge on any atom is 0.220 e. The molecule has 1 aliphatic rings. The lowest BCUT2D eigenvalue weighted by Crippen LogP contribution is -2.40. The molecule has 0 aromatic rings. The van der Waals surface area contributed by atoms with E-state index in [4.69, 9.17) is 5.73 Å². The molecule has 0 bridgehead atoms. The summed E-state index contributed by atoms with van der Waals surface area (Å²) in [5, 5.41) is -0.777. The Labute approximate surface area is 83.9 Å². The topological polar surface area (TPSA) is 72.2 Å². The van der Waals surface area contributed by atoms with Gasteiger partial charge in [0.25, 0.3) is 0 Å². The molecule has 1 aliphatic carbocycles. The summed E-state index contributed by atoms with van der Waals surface area (Å²) in [6, 6.07) is 0. The predicted molar refractivity (Wildman–Crippen MR) is 55.9 cm³/mol. The smallest absolute Gasteiger partial charge is 0.220 e. The molecule has 0 radical (unpaired) electrons. The Morgan fingerprint density at radius 3 is 2.62 bits per heavy atom. The van der Waals surface area contributed by atoms with Gasteiger partial charge in [-0.1, -0.05) is 12.2 Å². The monoisotopic (exact) mass is 222 g/mol. The van der Waals surface area contributed by atoms with Crippen LogP contribution in [-0.4, -0.2) is 25.2 Å². The van der Waals surface area contributed by atoms with Crippen molar-refractivity contribution in [1.29, 1.82) is 0 Å². The third kappa shape index (κ3) is 3.21. The highest BCUT2D eigenvalue weighted by Gasteiger charge is 2.27. The van der Waals surface area contributed by atoms with Crippen molar-refractivity contribution < 1.29 is 8.42 Å². The molecule has 1 rings (SSSR count). The van der Waals surface area contributed by atoms with Gasteiger partial charge in [-0.25, -0.2) is 13.1 Å². The van der Waals surface area contributed by atoms with E-state index in [0.717, 1.165) is 12.8 Å². The van der Waals surface area contributed by atoms with Crippen LogP contribution in [0, 0.1) is 5.92 Å². The molecule has 1 atom stereocenters. The maximum atomic E-state index is 11.4. The SMILES string of the molecule is CC(C(N)=S)S(=O)(=O)NCC1CC1. The number of nitrogens with one attached hydrogen (secondary N) is 1. The van der Waals surface area contributed by atoms with Gasteiger partial charge in [0.15, 0.2) is 0 Å². The average molecular weight is 222 g/mol. The van der Waals surface area contributed by atoms with Crippen LogP contribution in [0.3, 0.4) is 0 Å². The highest BCUT2D eigenvalue weighted by molar-refractivity contribution is 7.93. The van der Waals surface area contributed by atoms with Crippen molar-refractivity contribution in [1.82, 2.24) is 4.72 Å². The summed E-state index contributed by atoms with van der Waals surface area (Å²) in [6.07, 6.45) is 2.23. The van der Waals surface area contributed by atoms with E-state index in [1.54, 1.807) is 0 Å². The van der Waals surface area contributed by atoms with Gasteiger partial charge < -0.3 is 5.73 Å². The molecule has 6 heteroatoms. The lowest BCUT2D eigenvalue weighted by molar-refractivity contribution is 0.574.